The molecule has 0 heterocycles. The van der Waals surface area contributed by atoms with Crippen molar-refractivity contribution in [1.82, 2.24) is 5.32 Å². The number of nitrogens with two attached hydrogens (primary N) is 1. The smallest absolute Gasteiger partial charge is 0.319 e. The molecule has 0 saturated carbocycles. The van der Waals surface area contributed by atoms with Gasteiger partial charge < -0.3 is 21.1 Å². The van der Waals surface area contributed by atoms with Crippen LogP contribution in [0.3, 0.4) is 0 Å². The van der Waals surface area contributed by atoms with Gasteiger partial charge in [0.25, 0.3) is 0 Å². The van der Waals surface area contributed by atoms with Gasteiger partial charge in [0.15, 0.2) is 0 Å². The van der Waals surface area contributed by atoms with E-state index in [4.69, 9.17) is 10.5 Å². The summed E-state index contributed by atoms with van der Waals surface area (Å²) in [5.74, 6) is 0.637. The molecule has 0 saturated heterocycles. The van der Waals surface area contributed by atoms with Gasteiger partial charge in [0.2, 0.25) is 0 Å². The fourth-order valence-corrected chi connectivity index (χ4v) is 1.73. The molecular formula is C16H27N3O2. The van der Waals surface area contributed by atoms with Crippen LogP contribution in [0.15, 0.2) is 24.3 Å². The molecule has 1 aromatic carbocycles. The van der Waals surface area contributed by atoms with Gasteiger partial charge >= 0.3 is 6.03 Å². The van der Waals surface area contributed by atoms with Gasteiger partial charge in [-0.05, 0) is 37.0 Å². The number of hydrogen-bond acceptors (Lipinski definition) is 3. The fraction of sp³-hybridized carbons (Fsp3) is 0.562. The van der Waals surface area contributed by atoms with Crippen LogP contribution in [0.25, 0.3) is 0 Å². The Kier molecular flexibility index (Phi) is 7.79. The van der Waals surface area contributed by atoms with Crippen LogP contribution in [-0.4, -0.2) is 25.8 Å². The van der Waals surface area contributed by atoms with Crippen LogP contribution < -0.4 is 16.4 Å². The first kappa shape index (κ1) is 17.5. The Labute approximate surface area is 127 Å². The third-order valence-corrected chi connectivity index (χ3v) is 3.04. The molecule has 0 aliphatic heterocycles. The minimum atomic E-state index is -0.232. The van der Waals surface area contributed by atoms with Crippen LogP contribution in [-0.2, 0) is 4.74 Å². The number of ether oxygens (including phenoxy) is 1. The largest absolute Gasteiger partial charge is 0.380 e. The molecule has 1 rings (SSSR count). The van der Waals surface area contributed by atoms with Gasteiger partial charge in [-0.1, -0.05) is 26.0 Å². The lowest BCUT2D eigenvalue weighted by Crippen LogP contribution is -2.31. The highest BCUT2D eigenvalue weighted by Crippen LogP contribution is 2.15. The predicted molar refractivity (Wildman–Crippen MR) is 86.3 cm³/mol. The standard InChI is InChI=1S/C16H27N3O2/c1-12(2)7-9-21-10-8-18-16(20)19-15-6-4-5-14(11-15)13(3)17/h4-6,11-13H,7-10,17H2,1-3H3,(H2,18,19,20). The number of amides is 2. The second-order valence-corrected chi connectivity index (χ2v) is 5.59. The zero-order chi connectivity index (χ0) is 15.7. The molecule has 5 nitrogen and oxygen atoms in total. The summed E-state index contributed by atoms with van der Waals surface area (Å²) in [6.07, 6.45) is 1.04. The van der Waals surface area contributed by atoms with Crippen molar-refractivity contribution in [3.63, 3.8) is 0 Å². The van der Waals surface area contributed by atoms with E-state index in [1.54, 1.807) is 0 Å². The van der Waals surface area contributed by atoms with Gasteiger partial charge in [0.05, 0.1) is 6.61 Å². The van der Waals surface area contributed by atoms with Gasteiger partial charge in [-0.25, -0.2) is 4.79 Å². The maximum atomic E-state index is 11.7. The van der Waals surface area contributed by atoms with Gasteiger partial charge in [-0.3, -0.25) is 0 Å². The number of nitrogens with one attached hydrogen (secondary N) is 2. The molecule has 5 heteroatoms. The summed E-state index contributed by atoms with van der Waals surface area (Å²) in [4.78, 5) is 11.7. The molecule has 0 bridgehead atoms. The minimum Gasteiger partial charge on any atom is -0.380 e. The van der Waals surface area contributed by atoms with E-state index in [-0.39, 0.29) is 12.1 Å². The third kappa shape index (κ3) is 7.68. The Hall–Kier alpha value is -1.59. The molecule has 118 valence electrons. The number of hydrogen-bond donors (Lipinski definition) is 3. The molecule has 0 spiro atoms. The first-order chi connectivity index (χ1) is 9.99. The van der Waals surface area contributed by atoms with Crippen molar-refractivity contribution in [2.45, 2.75) is 33.2 Å². The molecule has 0 aliphatic rings. The molecule has 1 unspecified atom stereocenters. The Bertz CT molecular complexity index is 433. The molecule has 1 atom stereocenters. The van der Waals surface area contributed by atoms with Crippen molar-refractivity contribution in [3.8, 4) is 0 Å². The van der Waals surface area contributed by atoms with E-state index in [2.05, 4.69) is 24.5 Å². The Morgan fingerprint density at radius 2 is 2.05 bits per heavy atom. The monoisotopic (exact) mass is 293 g/mol. The molecule has 0 fully saturated rings. The van der Waals surface area contributed by atoms with Crippen LogP contribution in [0, 0.1) is 5.92 Å². The highest BCUT2D eigenvalue weighted by atomic mass is 16.5. The summed E-state index contributed by atoms with van der Waals surface area (Å²) in [5.41, 5.74) is 7.55. The number of urea groups is 1. The summed E-state index contributed by atoms with van der Waals surface area (Å²) in [6, 6.07) is 7.25. The lowest BCUT2D eigenvalue weighted by Gasteiger charge is -2.11. The number of carbonyl (C=O) groups is 1. The average Bonchev–Trinajstić information content (AvgIpc) is 2.42. The molecular weight excluding hydrogens is 266 g/mol. The van der Waals surface area contributed by atoms with Crippen molar-refractivity contribution in [3.05, 3.63) is 29.8 Å². The summed E-state index contributed by atoms with van der Waals surface area (Å²) in [6.45, 7) is 7.98. The number of carbonyl (C=O) groups excluding carboxylic acids is 1. The molecule has 4 N–H and O–H groups in total. The molecule has 0 radical (unpaired) electrons. The summed E-state index contributed by atoms with van der Waals surface area (Å²) >= 11 is 0. The highest BCUT2D eigenvalue weighted by molar-refractivity contribution is 5.89. The van der Waals surface area contributed by atoms with E-state index in [0.29, 0.717) is 19.1 Å². The van der Waals surface area contributed by atoms with E-state index < -0.39 is 0 Å². The van der Waals surface area contributed by atoms with E-state index in [9.17, 15) is 4.79 Å². The molecule has 2 amide bonds. The number of anilines is 1. The van der Waals surface area contributed by atoms with Crippen molar-refractivity contribution >= 4 is 11.7 Å². The SMILES string of the molecule is CC(C)CCOCCNC(=O)Nc1cccc(C(C)N)c1. The topological polar surface area (TPSA) is 76.4 Å². The lowest BCUT2D eigenvalue weighted by molar-refractivity contribution is 0.126. The van der Waals surface area contributed by atoms with E-state index in [1.165, 1.54) is 0 Å². The second kappa shape index (κ2) is 9.37. The zero-order valence-corrected chi connectivity index (χ0v) is 13.2. The third-order valence-electron chi connectivity index (χ3n) is 3.04. The number of rotatable bonds is 8. The second-order valence-electron chi connectivity index (χ2n) is 5.59. The Balaban J connectivity index is 2.23. The van der Waals surface area contributed by atoms with E-state index in [0.717, 1.165) is 24.3 Å². The Morgan fingerprint density at radius 3 is 2.71 bits per heavy atom. The Morgan fingerprint density at radius 1 is 1.29 bits per heavy atom. The van der Waals surface area contributed by atoms with E-state index in [1.807, 2.05) is 31.2 Å². The van der Waals surface area contributed by atoms with Crippen molar-refractivity contribution in [1.29, 1.82) is 0 Å². The summed E-state index contributed by atoms with van der Waals surface area (Å²) in [5, 5.41) is 5.55. The maximum Gasteiger partial charge on any atom is 0.319 e. The normalized spacial score (nSPS) is 12.2. The van der Waals surface area contributed by atoms with Crippen molar-refractivity contribution in [2.24, 2.45) is 11.7 Å². The van der Waals surface area contributed by atoms with Crippen molar-refractivity contribution < 1.29 is 9.53 Å². The predicted octanol–water partition coefficient (Wildman–Crippen LogP) is 2.89. The van der Waals surface area contributed by atoms with Gasteiger partial charge in [-0.15, -0.1) is 0 Å². The number of benzene rings is 1. The molecule has 21 heavy (non-hydrogen) atoms. The van der Waals surface area contributed by atoms with Crippen LogP contribution >= 0.6 is 0 Å². The first-order valence-corrected chi connectivity index (χ1v) is 7.47. The average molecular weight is 293 g/mol. The van der Waals surface area contributed by atoms with E-state index >= 15 is 0 Å². The molecule has 0 aromatic heterocycles. The van der Waals surface area contributed by atoms with Gasteiger partial charge in [0.1, 0.15) is 0 Å². The quantitative estimate of drug-likeness (QED) is 0.645. The first-order valence-electron chi connectivity index (χ1n) is 7.47. The van der Waals surface area contributed by atoms with Crippen LogP contribution in [0.4, 0.5) is 10.5 Å². The maximum absolute atomic E-state index is 11.7. The fourth-order valence-electron chi connectivity index (χ4n) is 1.73. The van der Waals surface area contributed by atoms with Gasteiger partial charge in [-0.2, -0.15) is 0 Å². The summed E-state index contributed by atoms with van der Waals surface area (Å²) in [7, 11) is 0. The van der Waals surface area contributed by atoms with Crippen LogP contribution in [0.2, 0.25) is 0 Å². The van der Waals surface area contributed by atoms with Gasteiger partial charge in [0, 0.05) is 24.9 Å². The lowest BCUT2D eigenvalue weighted by atomic mass is 10.1. The molecule has 0 aliphatic carbocycles. The highest BCUT2D eigenvalue weighted by Gasteiger charge is 2.04. The summed E-state index contributed by atoms with van der Waals surface area (Å²) < 4.78 is 5.44. The zero-order valence-electron chi connectivity index (χ0n) is 13.2. The van der Waals surface area contributed by atoms with Crippen LogP contribution in [0.5, 0.6) is 0 Å². The van der Waals surface area contributed by atoms with Crippen molar-refractivity contribution in [2.75, 3.05) is 25.1 Å². The minimum absolute atomic E-state index is 0.0517. The molecule has 1 aromatic rings. The van der Waals surface area contributed by atoms with Crippen LogP contribution in [0.1, 0.15) is 38.8 Å².